The molecule has 0 radical (unpaired) electrons. The first kappa shape index (κ1) is 16.1. The molecule has 0 saturated carbocycles. The monoisotopic (exact) mass is 322 g/mol. The van der Waals surface area contributed by atoms with Gasteiger partial charge in [0, 0.05) is 5.75 Å². The van der Waals surface area contributed by atoms with Gasteiger partial charge in [-0.05, 0) is 12.1 Å². The smallest absolute Gasteiger partial charge is 0.321 e. The van der Waals surface area contributed by atoms with E-state index in [-0.39, 0.29) is 17.4 Å². The Balaban J connectivity index is 2.46. The summed E-state index contributed by atoms with van der Waals surface area (Å²) >= 11 is 12.9. The van der Waals surface area contributed by atoms with Gasteiger partial charge >= 0.3 is 5.97 Å². The Kier molecular flexibility index (Phi) is 6.44. The molecule has 19 heavy (non-hydrogen) atoms. The van der Waals surface area contributed by atoms with E-state index in [0.29, 0.717) is 15.7 Å². The molecule has 0 heterocycles. The molecule has 1 atom stereocenters. The first-order valence-electron chi connectivity index (χ1n) is 5.21. The Morgan fingerprint density at radius 2 is 1.95 bits per heavy atom. The number of para-hydroxylation sites is 1. The third-order valence-electron chi connectivity index (χ3n) is 2.07. The molecule has 0 spiro atoms. The second kappa shape index (κ2) is 7.59. The van der Waals surface area contributed by atoms with Crippen molar-refractivity contribution >= 4 is 52.5 Å². The van der Waals surface area contributed by atoms with Gasteiger partial charge in [0.15, 0.2) is 0 Å². The molecule has 0 aromatic heterocycles. The molecule has 104 valence electrons. The quantitative estimate of drug-likeness (QED) is 0.745. The SMILES string of the molecule is NC(CSCC(=O)Nc1c(Cl)cccc1Cl)C(=O)O. The Morgan fingerprint density at radius 3 is 2.47 bits per heavy atom. The molecule has 1 aromatic rings. The largest absolute Gasteiger partial charge is 0.480 e. The number of benzene rings is 1. The maximum Gasteiger partial charge on any atom is 0.321 e. The van der Waals surface area contributed by atoms with Gasteiger partial charge in [-0.3, -0.25) is 9.59 Å². The van der Waals surface area contributed by atoms with E-state index in [1.54, 1.807) is 18.2 Å². The van der Waals surface area contributed by atoms with E-state index in [1.807, 2.05) is 0 Å². The summed E-state index contributed by atoms with van der Waals surface area (Å²) in [4.78, 5) is 22.1. The fourth-order valence-electron chi connectivity index (χ4n) is 1.14. The van der Waals surface area contributed by atoms with Gasteiger partial charge in [0.05, 0.1) is 21.5 Å². The standard InChI is InChI=1S/C11H12Cl2N2O3S/c12-6-2-1-3-7(13)10(6)15-9(16)5-19-4-8(14)11(17)18/h1-3,8H,4-5,14H2,(H,15,16)(H,17,18). The first-order chi connectivity index (χ1) is 8.91. The number of anilines is 1. The van der Waals surface area contributed by atoms with Crippen LogP contribution in [0.2, 0.25) is 10.0 Å². The van der Waals surface area contributed by atoms with Gasteiger partial charge in [0.2, 0.25) is 5.91 Å². The lowest BCUT2D eigenvalue weighted by molar-refractivity contribution is -0.137. The number of rotatable bonds is 6. The van der Waals surface area contributed by atoms with Gasteiger partial charge in [-0.15, -0.1) is 11.8 Å². The van der Waals surface area contributed by atoms with Crippen molar-refractivity contribution in [3.63, 3.8) is 0 Å². The van der Waals surface area contributed by atoms with Crippen molar-refractivity contribution in [1.82, 2.24) is 0 Å². The summed E-state index contributed by atoms with van der Waals surface area (Å²) in [6.07, 6.45) is 0. The van der Waals surface area contributed by atoms with Gasteiger partial charge < -0.3 is 16.2 Å². The number of amides is 1. The van der Waals surface area contributed by atoms with Crippen molar-refractivity contribution in [3.8, 4) is 0 Å². The molecule has 1 aromatic carbocycles. The van der Waals surface area contributed by atoms with Crippen LogP contribution in [0.5, 0.6) is 0 Å². The number of carboxylic acids is 1. The van der Waals surface area contributed by atoms with Gasteiger partial charge in [0.1, 0.15) is 6.04 Å². The van der Waals surface area contributed by atoms with Crippen molar-refractivity contribution < 1.29 is 14.7 Å². The van der Waals surface area contributed by atoms with Crippen molar-refractivity contribution in [3.05, 3.63) is 28.2 Å². The molecule has 0 aliphatic heterocycles. The van der Waals surface area contributed by atoms with Crippen molar-refractivity contribution in [1.29, 1.82) is 0 Å². The van der Waals surface area contributed by atoms with Crippen LogP contribution in [-0.4, -0.2) is 34.5 Å². The first-order valence-corrected chi connectivity index (χ1v) is 7.13. The molecule has 0 aliphatic rings. The molecule has 1 rings (SSSR count). The topological polar surface area (TPSA) is 92.4 Å². The van der Waals surface area contributed by atoms with Crippen LogP contribution in [0.4, 0.5) is 5.69 Å². The molecule has 0 bridgehead atoms. The highest BCUT2D eigenvalue weighted by Crippen LogP contribution is 2.29. The zero-order valence-electron chi connectivity index (χ0n) is 9.73. The Bertz CT molecular complexity index is 465. The van der Waals surface area contributed by atoms with Crippen molar-refractivity contribution in [2.24, 2.45) is 5.73 Å². The number of aliphatic carboxylic acids is 1. The predicted molar refractivity (Wildman–Crippen MR) is 78.0 cm³/mol. The van der Waals surface area contributed by atoms with Crippen LogP contribution in [0, 0.1) is 0 Å². The number of carboxylic acid groups (broad SMARTS) is 1. The number of carbonyl (C=O) groups excluding carboxylic acids is 1. The minimum absolute atomic E-state index is 0.0720. The second-order valence-corrected chi connectivity index (χ2v) is 5.45. The van der Waals surface area contributed by atoms with E-state index in [9.17, 15) is 9.59 Å². The lowest BCUT2D eigenvalue weighted by Gasteiger charge is -2.09. The molecular formula is C11H12Cl2N2O3S. The fourth-order valence-corrected chi connectivity index (χ4v) is 2.41. The highest BCUT2D eigenvalue weighted by Gasteiger charge is 2.13. The summed E-state index contributed by atoms with van der Waals surface area (Å²) in [5.41, 5.74) is 5.66. The van der Waals surface area contributed by atoms with Crippen LogP contribution in [0.1, 0.15) is 0 Å². The summed E-state index contributed by atoms with van der Waals surface area (Å²) in [5, 5.41) is 11.8. The molecule has 1 amide bonds. The Hall–Kier alpha value is -0.950. The molecular weight excluding hydrogens is 311 g/mol. The van der Waals surface area contributed by atoms with Gasteiger partial charge in [-0.25, -0.2) is 0 Å². The summed E-state index contributed by atoms with van der Waals surface area (Å²) in [6.45, 7) is 0. The average molecular weight is 323 g/mol. The molecule has 4 N–H and O–H groups in total. The van der Waals surface area contributed by atoms with E-state index >= 15 is 0 Å². The lowest BCUT2D eigenvalue weighted by Crippen LogP contribution is -2.33. The molecule has 1 unspecified atom stereocenters. The highest BCUT2D eigenvalue weighted by atomic mass is 35.5. The molecule has 5 nitrogen and oxygen atoms in total. The molecule has 0 fully saturated rings. The number of nitrogens with one attached hydrogen (secondary N) is 1. The molecule has 0 aliphatic carbocycles. The normalized spacial score (nSPS) is 11.9. The minimum atomic E-state index is -1.10. The fraction of sp³-hybridized carbons (Fsp3) is 0.273. The molecule has 0 saturated heterocycles. The van der Waals surface area contributed by atoms with Crippen LogP contribution in [0.25, 0.3) is 0 Å². The van der Waals surface area contributed by atoms with Crippen LogP contribution in [-0.2, 0) is 9.59 Å². The van der Waals surface area contributed by atoms with E-state index in [0.717, 1.165) is 11.8 Å². The van der Waals surface area contributed by atoms with Crippen molar-refractivity contribution in [2.45, 2.75) is 6.04 Å². The van der Waals surface area contributed by atoms with E-state index in [2.05, 4.69) is 5.32 Å². The summed E-state index contributed by atoms with van der Waals surface area (Å²) in [7, 11) is 0. The lowest BCUT2D eigenvalue weighted by atomic mass is 10.3. The number of thioether (sulfide) groups is 1. The van der Waals surface area contributed by atoms with E-state index < -0.39 is 12.0 Å². The van der Waals surface area contributed by atoms with Gasteiger partial charge in [-0.2, -0.15) is 0 Å². The second-order valence-electron chi connectivity index (χ2n) is 3.60. The van der Waals surface area contributed by atoms with Crippen LogP contribution in [0.15, 0.2) is 18.2 Å². The van der Waals surface area contributed by atoms with Crippen LogP contribution >= 0.6 is 35.0 Å². The predicted octanol–water partition coefficient (Wildman–Crippen LogP) is 2.08. The maximum absolute atomic E-state index is 11.6. The highest BCUT2D eigenvalue weighted by molar-refractivity contribution is 8.00. The van der Waals surface area contributed by atoms with Crippen molar-refractivity contribution in [2.75, 3.05) is 16.8 Å². The summed E-state index contributed by atoms with van der Waals surface area (Å²) in [6, 6.07) is 3.90. The Labute approximate surface area is 124 Å². The third kappa shape index (κ3) is 5.28. The van der Waals surface area contributed by atoms with Crippen LogP contribution < -0.4 is 11.1 Å². The van der Waals surface area contributed by atoms with Crippen LogP contribution in [0.3, 0.4) is 0 Å². The maximum atomic E-state index is 11.6. The molecule has 8 heteroatoms. The van der Waals surface area contributed by atoms with E-state index in [4.69, 9.17) is 34.0 Å². The zero-order chi connectivity index (χ0) is 14.4. The van der Waals surface area contributed by atoms with E-state index in [1.165, 1.54) is 0 Å². The number of halogens is 2. The van der Waals surface area contributed by atoms with Gasteiger partial charge in [-0.1, -0.05) is 29.3 Å². The number of carbonyl (C=O) groups is 2. The summed E-state index contributed by atoms with van der Waals surface area (Å²) in [5.74, 6) is -1.19. The number of nitrogens with two attached hydrogens (primary N) is 1. The Morgan fingerprint density at radius 1 is 1.37 bits per heavy atom. The average Bonchev–Trinajstić information content (AvgIpc) is 2.33. The summed E-state index contributed by atoms with van der Waals surface area (Å²) < 4.78 is 0. The number of hydrogen-bond donors (Lipinski definition) is 3. The van der Waals surface area contributed by atoms with Gasteiger partial charge in [0.25, 0.3) is 0 Å². The number of hydrogen-bond acceptors (Lipinski definition) is 4. The zero-order valence-corrected chi connectivity index (χ0v) is 12.1. The third-order valence-corrected chi connectivity index (χ3v) is 3.77. The minimum Gasteiger partial charge on any atom is -0.480 e.